The number of halogens is 1. The fourth-order valence-corrected chi connectivity index (χ4v) is 1.90. The zero-order valence-electron chi connectivity index (χ0n) is 7.70. The third-order valence-corrected chi connectivity index (χ3v) is 2.84. The molecule has 1 amide bonds. The van der Waals surface area contributed by atoms with Crippen LogP contribution in [0.4, 0.5) is 4.39 Å². The Kier molecular flexibility index (Phi) is 2.24. The molecule has 0 aliphatic carbocycles. The first-order chi connectivity index (χ1) is 6.18. The molecule has 3 nitrogen and oxygen atoms in total. The molecule has 0 bridgehead atoms. The van der Waals surface area contributed by atoms with E-state index in [4.69, 9.17) is 4.74 Å². The molecule has 2 heterocycles. The van der Waals surface area contributed by atoms with Gasteiger partial charge in [0.05, 0.1) is 25.1 Å². The van der Waals surface area contributed by atoms with Crippen LogP contribution >= 0.6 is 0 Å². The highest BCUT2D eigenvalue weighted by Gasteiger charge is 2.38. The highest BCUT2D eigenvalue weighted by atomic mass is 19.1. The van der Waals surface area contributed by atoms with Crippen molar-refractivity contribution < 1.29 is 13.9 Å². The zero-order valence-corrected chi connectivity index (χ0v) is 7.70. The SMILES string of the molecule is CC1OCCC1C(=O)N1CC(F)C1. The molecule has 0 radical (unpaired) electrons. The summed E-state index contributed by atoms with van der Waals surface area (Å²) in [5.41, 5.74) is 0. The number of likely N-dealkylation sites (tertiary alicyclic amines) is 1. The quantitative estimate of drug-likeness (QED) is 0.601. The van der Waals surface area contributed by atoms with Crippen molar-refractivity contribution in [3.63, 3.8) is 0 Å². The fraction of sp³-hybridized carbons (Fsp3) is 0.889. The van der Waals surface area contributed by atoms with E-state index in [9.17, 15) is 9.18 Å². The number of nitrogens with zero attached hydrogens (tertiary/aromatic N) is 1. The molecule has 2 rings (SSSR count). The van der Waals surface area contributed by atoms with Crippen molar-refractivity contribution in [2.75, 3.05) is 19.7 Å². The van der Waals surface area contributed by atoms with Crippen molar-refractivity contribution in [3.05, 3.63) is 0 Å². The van der Waals surface area contributed by atoms with Crippen LogP contribution in [0.15, 0.2) is 0 Å². The van der Waals surface area contributed by atoms with E-state index in [1.165, 1.54) is 0 Å². The molecule has 4 heteroatoms. The van der Waals surface area contributed by atoms with Gasteiger partial charge in [-0.3, -0.25) is 4.79 Å². The van der Waals surface area contributed by atoms with Gasteiger partial charge in [-0.2, -0.15) is 0 Å². The molecule has 2 saturated heterocycles. The third-order valence-electron chi connectivity index (χ3n) is 2.84. The van der Waals surface area contributed by atoms with Crippen molar-refractivity contribution in [3.8, 4) is 0 Å². The Morgan fingerprint density at radius 2 is 2.23 bits per heavy atom. The molecule has 2 aliphatic heterocycles. The summed E-state index contributed by atoms with van der Waals surface area (Å²) in [5, 5.41) is 0. The van der Waals surface area contributed by atoms with Crippen LogP contribution in [0, 0.1) is 5.92 Å². The molecule has 13 heavy (non-hydrogen) atoms. The Morgan fingerprint density at radius 3 is 2.69 bits per heavy atom. The van der Waals surface area contributed by atoms with Crippen LogP contribution in [-0.2, 0) is 9.53 Å². The van der Waals surface area contributed by atoms with Crippen molar-refractivity contribution >= 4 is 5.91 Å². The van der Waals surface area contributed by atoms with Gasteiger partial charge >= 0.3 is 0 Å². The predicted octanol–water partition coefficient (Wildman–Crippen LogP) is 0.592. The average Bonchev–Trinajstić information content (AvgIpc) is 2.44. The molecule has 0 aromatic heterocycles. The van der Waals surface area contributed by atoms with E-state index in [1.54, 1.807) is 4.90 Å². The highest BCUT2D eigenvalue weighted by molar-refractivity contribution is 5.80. The standard InChI is InChI=1S/C9H14FNO2/c1-6-8(2-3-13-6)9(12)11-4-7(10)5-11/h6-8H,2-5H2,1H3. The second kappa shape index (κ2) is 3.25. The minimum Gasteiger partial charge on any atom is -0.378 e. The minimum atomic E-state index is -0.804. The van der Waals surface area contributed by atoms with E-state index in [0.717, 1.165) is 6.42 Å². The largest absolute Gasteiger partial charge is 0.378 e. The summed E-state index contributed by atoms with van der Waals surface area (Å²) in [6.45, 7) is 3.12. The summed E-state index contributed by atoms with van der Waals surface area (Å²) in [7, 11) is 0. The minimum absolute atomic E-state index is 0.00570. The molecular weight excluding hydrogens is 173 g/mol. The number of amides is 1. The summed E-state index contributed by atoms with van der Waals surface area (Å²) >= 11 is 0. The number of hydrogen-bond acceptors (Lipinski definition) is 2. The summed E-state index contributed by atoms with van der Waals surface area (Å²) in [5.74, 6) is 0.0337. The monoisotopic (exact) mass is 187 g/mol. The van der Waals surface area contributed by atoms with E-state index < -0.39 is 6.17 Å². The third kappa shape index (κ3) is 1.55. The Morgan fingerprint density at radius 1 is 1.54 bits per heavy atom. The van der Waals surface area contributed by atoms with Gasteiger partial charge in [-0.25, -0.2) is 4.39 Å². The lowest BCUT2D eigenvalue weighted by Crippen LogP contribution is -2.54. The van der Waals surface area contributed by atoms with Crippen LogP contribution < -0.4 is 0 Å². The summed E-state index contributed by atoms with van der Waals surface area (Å²) in [6.07, 6.45) is -0.0132. The predicted molar refractivity (Wildman–Crippen MR) is 45.0 cm³/mol. The maximum absolute atomic E-state index is 12.5. The van der Waals surface area contributed by atoms with Crippen molar-refractivity contribution in [1.82, 2.24) is 4.90 Å². The molecule has 2 fully saturated rings. The van der Waals surface area contributed by atoms with Gasteiger partial charge in [0.15, 0.2) is 0 Å². The second-order valence-corrected chi connectivity index (χ2v) is 3.81. The van der Waals surface area contributed by atoms with Crippen LogP contribution in [0.5, 0.6) is 0 Å². The first kappa shape index (κ1) is 8.94. The van der Waals surface area contributed by atoms with E-state index in [2.05, 4.69) is 0 Å². The van der Waals surface area contributed by atoms with Crippen LogP contribution in [0.2, 0.25) is 0 Å². The van der Waals surface area contributed by atoms with Gasteiger partial charge < -0.3 is 9.64 Å². The zero-order chi connectivity index (χ0) is 9.42. The maximum Gasteiger partial charge on any atom is 0.228 e. The van der Waals surface area contributed by atoms with Gasteiger partial charge in [0.2, 0.25) is 5.91 Å². The van der Waals surface area contributed by atoms with Gasteiger partial charge in [0.25, 0.3) is 0 Å². The van der Waals surface area contributed by atoms with E-state index in [-0.39, 0.29) is 31.0 Å². The van der Waals surface area contributed by atoms with Gasteiger partial charge in [-0.05, 0) is 13.3 Å². The van der Waals surface area contributed by atoms with Gasteiger partial charge in [0.1, 0.15) is 6.17 Å². The molecule has 0 aromatic carbocycles. The second-order valence-electron chi connectivity index (χ2n) is 3.81. The van der Waals surface area contributed by atoms with E-state index >= 15 is 0 Å². The number of carbonyl (C=O) groups is 1. The summed E-state index contributed by atoms with van der Waals surface area (Å²) < 4.78 is 17.8. The first-order valence-corrected chi connectivity index (χ1v) is 4.73. The summed E-state index contributed by atoms with van der Waals surface area (Å²) in [6, 6.07) is 0. The average molecular weight is 187 g/mol. The van der Waals surface area contributed by atoms with Crippen molar-refractivity contribution in [1.29, 1.82) is 0 Å². The van der Waals surface area contributed by atoms with E-state index in [0.29, 0.717) is 6.61 Å². The number of ether oxygens (including phenoxy) is 1. The normalized spacial score (nSPS) is 34.8. The topological polar surface area (TPSA) is 29.5 Å². The van der Waals surface area contributed by atoms with Gasteiger partial charge in [-0.1, -0.05) is 0 Å². The van der Waals surface area contributed by atoms with E-state index in [1.807, 2.05) is 6.92 Å². The lowest BCUT2D eigenvalue weighted by Gasteiger charge is -2.36. The maximum atomic E-state index is 12.5. The molecular formula is C9H14FNO2. The number of carbonyl (C=O) groups excluding carboxylic acids is 1. The van der Waals surface area contributed by atoms with Crippen molar-refractivity contribution in [2.24, 2.45) is 5.92 Å². The Hall–Kier alpha value is -0.640. The number of hydrogen-bond donors (Lipinski definition) is 0. The van der Waals surface area contributed by atoms with Crippen LogP contribution in [0.1, 0.15) is 13.3 Å². The molecule has 0 N–H and O–H groups in total. The molecule has 0 aromatic rings. The lowest BCUT2D eigenvalue weighted by molar-refractivity contribution is -0.144. The number of rotatable bonds is 1. The van der Waals surface area contributed by atoms with Crippen LogP contribution in [-0.4, -0.2) is 42.8 Å². The Balaban J connectivity index is 1.89. The highest BCUT2D eigenvalue weighted by Crippen LogP contribution is 2.25. The molecule has 2 atom stereocenters. The first-order valence-electron chi connectivity index (χ1n) is 4.73. The summed E-state index contributed by atoms with van der Waals surface area (Å²) in [4.78, 5) is 13.2. The Bertz CT molecular complexity index is 216. The number of alkyl halides is 1. The lowest BCUT2D eigenvalue weighted by atomic mass is 9.99. The molecule has 0 saturated carbocycles. The van der Waals surface area contributed by atoms with Gasteiger partial charge in [0, 0.05) is 6.61 Å². The molecule has 2 aliphatic rings. The molecule has 0 spiro atoms. The smallest absolute Gasteiger partial charge is 0.228 e. The van der Waals surface area contributed by atoms with Crippen LogP contribution in [0.3, 0.4) is 0 Å². The Labute approximate surface area is 76.8 Å². The fourth-order valence-electron chi connectivity index (χ4n) is 1.90. The molecule has 74 valence electrons. The van der Waals surface area contributed by atoms with Gasteiger partial charge in [-0.15, -0.1) is 0 Å². The van der Waals surface area contributed by atoms with Crippen molar-refractivity contribution in [2.45, 2.75) is 25.6 Å². The molecule has 2 unspecified atom stereocenters. The van der Waals surface area contributed by atoms with Crippen LogP contribution in [0.25, 0.3) is 0 Å².